The average molecular weight is 247 g/mol. The van der Waals surface area contributed by atoms with E-state index in [0.717, 1.165) is 19.5 Å². The minimum absolute atomic E-state index is 0.240. The molecule has 0 bridgehead atoms. The Kier molecular flexibility index (Phi) is 3.71. The van der Waals surface area contributed by atoms with Gasteiger partial charge in [0.05, 0.1) is 5.56 Å². The molecule has 0 radical (unpaired) electrons. The highest BCUT2D eigenvalue weighted by atomic mass is 16.6. The van der Waals surface area contributed by atoms with Crippen molar-refractivity contribution in [2.75, 3.05) is 13.1 Å². The Balaban J connectivity index is 2.14. The van der Waals surface area contributed by atoms with E-state index in [-0.39, 0.29) is 5.97 Å². The summed E-state index contributed by atoms with van der Waals surface area (Å²) in [5.41, 5.74) is 1.43. The molecule has 18 heavy (non-hydrogen) atoms. The fourth-order valence-electron chi connectivity index (χ4n) is 2.20. The Hall–Kier alpha value is -1.35. The molecule has 0 amide bonds. The maximum Gasteiger partial charge on any atom is 0.338 e. The van der Waals surface area contributed by atoms with Gasteiger partial charge in [-0.1, -0.05) is 12.1 Å². The zero-order chi connectivity index (χ0) is 13.2. The predicted molar refractivity (Wildman–Crippen MR) is 71.8 cm³/mol. The minimum atomic E-state index is -0.442. The van der Waals surface area contributed by atoms with Crippen molar-refractivity contribution in [3.63, 3.8) is 0 Å². The number of hydrogen-bond donors (Lipinski definition) is 1. The topological polar surface area (TPSA) is 38.3 Å². The maximum atomic E-state index is 12.0. The lowest BCUT2D eigenvalue weighted by Gasteiger charge is -2.20. The van der Waals surface area contributed by atoms with E-state index < -0.39 is 5.60 Å². The van der Waals surface area contributed by atoms with Crippen LogP contribution in [0.15, 0.2) is 24.3 Å². The summed E-state index contributed by atoms with van der Waals surface area (Å²) in [5.74, 6) is 0.280. The molecular formula is C15H21NO2. The van der Waals surface area contributed by atoms with Crippen molar-refractivity contribution in [1.29, 1.82) is 0 Å². The van der Waals surface area contributed by atoms with Crippen LogP contribution in [0.1, 0.15) is 49.0 Å². The van der Waals surface area contributed by atoms with Gasteiger partial charge >= 0.3 is 5.97 Å². The Morgan fingerprint density at radius 2 is 2.17 bits per heavy atom. The summed E-state index contributed by atoms with van der Waals surface area (Å²) in [5, 5.41) is 3.34. The van der Waals surface area contributed by atoms with Gasteiger partial charge in [-0.25, -0.2) is 4.79 Å². The highest BCUT2D eigenvalue weighted by Crippen LogP contribution is 2.23. The van der Waals surface area contributed by atoms with Crippen LogP contribution >= 0.6 is 0 Å². The Morgan fingerprint density at radius 3 is 2.78 bits per heavy atom. The standard InChI is InChI=1S/C15H21NO2/c1-15(2,3)18-14(17)12-6-4-5-11(9-12)13-7-8-16-10-13/h4-6,9,13,16H,7-8,10H2,1-3H3. The van der Waals surface area contributed by atoms with Crippen LogP contribution in [0.4, 0.5) is 0 Å². The molecule has 1 atom stereocenters. The second kappa shape index (κ2) is 5.11. The van der Waals surface area contributed by atoms with Crippen LogP contribution in [-0.4, -0.2) is 24.7 Å². The lowest BCUT2D eigenvalue weighted by atomic mass is 9.96. The Bertz CT molecular complexity index is 428. The molecule has 1 aliphatic rings. The zero-order valence-corrected chi connectivity index (χ0v) is 11.3. The fraction of sp³-hybridized carbons (Fsp3) is 0.533. The van der Waals surface area contributed by atoms with Crippen LogP contribution in [0.5, 0.6) is 0 Å². The van der Waals surface area contributed by atoms with Gasteiger partial charge in [-0.05, 0) is 57.4 Å². The van der Waals surface area contributed by atoms with E-state index in [1.54, 1.807) is 0 Å². The van der Waals surface area contributed by atoms with Gasteiger partial charge in [-0.2, -0.15) is 0 Å². The van der Waals surface area contributed by atoms with E-state index in [9.17, 15) is 4.79 Å². The molecule has 3 nitrogen and oxygen atoms in total. The van der Waals surface area contributed by atoms with Crippen molar-refractivity contribution in [3.8, 4) is 0 Å². The molecule has 0 saturated carbocycles. The van der Waals surface area contributed by atoms with Gasteiger partial charge in [0, 0.05) is 6.54 Å². The number of rotatable bonds is 2. The first-order chi connectivity index (χ1) is 8.46. The van der Waals surface area contributed by atoms with Crippen molar-refractivity contribution >= 4 is 5.97 Å². The maximum absolute atomic E-state index is 12.0. The third kappa shape index (κ3) is 3.33. The molecule has 1 aromatic carbocycles. The molecule has 1 N–H and O–H groups in total. The van der Waals surface area contributed by atoms with Crippen LogP contribution in [-0.2, 0) is 4.74 Å². The van der Waals surface area contributed by atoms with Crippen molar-refractivity contribution in [3.05, 3.63) is 35.4 Å². The SMILES string of the molecule is CC(C)(C)OC(=O)c1cccc(C2CCNC2)c1. The highest BCUT2D eigenvalue weighted by Gasteiger charge is 2.20. The second-order valence-corrected chi connectivity index (χ2v) is 5.82. The van der Waals surface area contributed by atoms with E-state index in [4.69, 9.17) is 4.74 Å². The predicted octanol–water partition coefficient (Wildman–Crippen LogP) is 2.72. The van der Waals surface area contributed by atoms with E-state index in [1.165, 1.54) is 5.56 Å². The number of ether oxygens (including phenoxy) is 1. The molecule has 1 fully saturated rings. The fourth-order valence-corrected chi connectivity index (χ4v) is 2.20. The van der Waals surface area contributed by atoms with Crippen molar-refractivity contribution in [2.24, 2.45) is 0 Å². The Morgan fingerprint density at radius 1 is 1.39 bits per heavy atom. The lowest BCUT2D eigenvalue weighted by Crippen LogP contribution is -2.24. The van der Waals surface area contributed by atoms with Crippen LogP contribution in [0.25, 0.3) is 0 Å². The van der Waals surface area contributed by atoms with Gasteiger partial charge in [0.25, 0.3) is 0 Å². The zero-order valence-electron chi connectivity index (χ0n) is 11.3. The van der Waals surface area contributed by atoms with E-state index >= 15 is 0 Å². The van der Waals surface area contributed by atoms with Crippen molar-refractivity contribution < 1.29 is 9.53 Å². The molecule has 1 aliphatic heterocycles. The summed E-state index contributed by atoms with van der Waals surface area (Å²) in [6, 6.07) is 7.81. The molecule has 2 rings (SSSR count). The Labute approximate surface area is 109 Å². The van der Waals surface area contributed by atoms with E-state index in [1.807, 2.05) is 39.0 Å². The number of nitrogens with one attached hydrogen (secondary N) is 1. The summed E-state index contributed by atoms with van der Waals surface area (Å²) in [6.45, 7) is 7.71. The van der Waals surface area contributed by atoms with Gasteiger partial charge < -0.3 is 10.1 Å². The van der Waals surface area contributed by atoms with Crippen LogP contribution in [0, 0.1) is 0 Å². The smallest absolute Gasteiger partial charge is 0.338 e. The summed E-state index contributed by atoms with van der Waals surface area (Å²) in [7, 11) is 0. The molecule has 0 spiro atoms. The quantitative estimate of drug-likeness (QED) is 0.817. The second-order valence-electron chi connectivity index (χ2n) is 5.82. The summed E-state index contributed by atoms with van der Waals surface area (Å²) in [4.78, 5) is 12.0. The van der Waals surface area contributed by atoms with Gasteiger partial charge in [0.15, 0.2) is 0 Å². The van der Waals surface area contributed by atoms with E-state index in [2.05, 4.69) is 11.4 Å². The molecule has 98 valence electrons. The van der Waals surface area contributed by atoms with Crippen LogP contribution in [0.2, 0.25) is 0 Å². The minimum Gasteiger partial charge on any atom is -0.456 e. The molecule has 0 aromatic heterocycles. The normalized spacial score (nSPS) is 19.8. The number of carbonyl (C=O) groups excluding carboxylic acids is 1. The molecule has 1 heterocycles. The molecule has 0 aliphatic carbocycles. The van der Waals surface area contributed by atoms with Gasteiger partial charge in [0.2, 0.25) is 0 Å². The molecule has 1 aromatic rings. The van der Waals surface area contributed by atoms with Crippen LogP contribution < -0.4 is 5.32 Å². The average Bonchev–Trinajstić information content (AvgIpc) is 2.80. The molecule has 3 heteroatoms. The van der Waals surface area contributed by atoms with Gasteiger partial charge in [-0.15, -0.1) is 0 Å². The number of benzene rings is 1. The first-order valence-electron chi connectivity index (χ1n) is 6.50. The number of esters is 1. The van der Waals surface area contributed by atoms with Crippen molar-refractivity contribution in [1.82, 2.24) is 5.32 Å². The molecule has 1 unspecified atom stereocenters. The van der Waals surface area contributed by atoms with Gasteiger partial charge in [0.1, 0.15) is 5.60 Å². The third-order valence-electron chi connectivity index (χ3n) is 3.05. The van der Waals surface area contributed by atoms with Crippen molar-refractivity contribution in [2.45, 2.75) is 38.7 Å². The largest absolute Gasteiger partial charge is 0.456 e. The monoisotopic (exact) mass is 247 g/mol. The van der Waals surface area contributed by atoms with Crippen LogP contribution in [0.3, 0.4) is 0 Å². The summed E-state index contributed by atoms with van der Waals surface area (Å²) < 4.78 is 5.39. The first-order valence-corrected chi connectivity index (χ1v) is 6.50. The first kappa shape index (κ1) is 13.1. The molecule has 1 saturated heterocycles. The number of hydrogen-bond acceptors (Lipinski definition) is 3. The number of carbonyl (C=O) groups is 1. The lowest BCUT2D eigenvalue weighted by molar-refractivity contribution is 0.00694. The third-order valence-corrected chi connectivity index (χ3v) is 3.05. The summed E-state index contributed by atoms with van der Waals surface area (Å²) >= 11 is 0. The van der Waals surface area contributed by atoms with Gasteiger partial charge in [-0.3, -0.25) is 0 Å². The van der Waals surface area contributed by atoms with E-state index in [0.29, 0.717) is 11.5 Å². The summed E-state index contributed by atoms with van der Waals surface area (Å²) in [6.07, 6.45) is 1.14. The highest BCUT2D eigenvalue weighted by molar-refractivity contribution is 5.89. The molecular weight excluding hydrogens is 226 g/mol.